The van der Waals surface area contributed by atoms with Crippen LogP contribution in [-0.2, 0) is 9.53 Å². The number of benzene rings is 1. The second kappa shape index (κ2) is 8.52. The fourth-order valence-electron chi connectivity index (χ4n) is 2.27. The average molecular weight is 293 g/mol. The van der Waals surface area contributed by atoms with Crippen molar-refractivity contribution in [1.29, 1.82) is 0 Å². The number of hydrogen-bond acceptors (Lipinski definition) is 4. The predicted octanol–water partition coefficient (Wildman–Crippen LogP) is 2.15. The largest absolute Gasteiger partial charge is 0.493 e. The minimum atomic E-state index is 0.0501. The van der Waals surface area contributed by atoms with Crippen LogP contribution in [0.1, 0.15) is 25.7 Å². The summed E-state index contributed by atoms with van der Waals surface area (Å²) in [5, 5.41) is 2.90. The highest BCUT2D eigenvalue weighted by atomic mass is 16.5. The van der Waals surface area contributed by atoms with Gasteiger partial charge in [-0.05, 0) is 31.4 Å². The molecule has 2 rings (SSSR count). The molecule has 0 radical (unpaired) electrons. The van der Waals surface area contributed by atoms with Gasteiger partial charge in [-0.1, -0.05) is 12.1 Å². The molecule has 0 unspecified atom stereocenters. The molecule has 1 amide bonds. The van der Waals surface area contributed by atoms with Crippen LogP contribution in [0.5, 0.6) is 11.5 Å². The van der Waals surface area contributed by atoms with E-state index in [1.807, 2.05) is 24.3 Å². The van der Waals surface area contributed by atoms with Gasteiger partial charge in [0.25, 0.3) is 0 Å². The van der Waals surface area contributed by atoms with Crippen molar-refractivity contribution in [3.8, 4) is 11.5 Å². The molecule has 21 heavy (non-hydrogen) atoms. The maximum atomic E-state index is 11.7. The summed E-state index contributed by atoms with van der Waals surface area (Å²) in [5.41, 5.74) is 0. The van der Waals surface area contributed by atoms with Gasteiger partial charge in [-0.25, -0.2) is 0 Å². The van der Waals surface area contributed by atoms with Crippen molar-refractivity contribution in [3.05, 3.63) is 24.3 Å². The third kappa shape index (κ3) is 5.27. The van der Waals surface area contributed by atoms with Gasteiger partial charge in [0.05, 0.1) is 19.8 Å². The van der Waals surface area contributed by atoms with Crippen LogP contribution in [0.15, 0.2) is 24.3 Å². The minimum Gasteiger partial charge on any atom is -0.493 e. The highest BCUT2D eigenvalue weighted by molar-refractivity contribution is 5.75. The molecule has 1 aliphatic rings. The van der Waals surface area contributed by atoms with Crippen molar-refractivity contribution in [2.24, 2.45) is 0 Å². The summed E-state index contributed by atoms with van der Waals surface area (Å²) in [6.45, 7) is 1.92. The van der Waals surface area contributed by atoms with Gasteiger partial charge in [0, 0.05) is 19.6 Å². The minimum absolute atomic E-state index is 0.0501. The molecule has 1 saturated heterocycles. The van der Waals surface area contributed by atoms with Crippen molar-refractivity contribution in [1.82, 2.24) is 5.32 Å². The molecule has 5 nitrogen and oxygen atoms in total. The second-order valence-electron chi connectivity index (χ2n) is 5.04. The van der Waals surface area contributed by atoms with Crippen molar-refractivity contribution >= 4 is 5.91 Å². The molecule has 5 heteroatoms. The molecule has 1 aromatic carbocycles. The highest BCUT2D eigenvalue weighted by Gasteiger charge is 2.15. The SMILES string of the molecule is COc1ccccc1OCCCC(=O)NC[C@H]1CCCO1. The van der Waals surface area contributed by atoms with E-state index >= 15 is 0 Å². The van der Waals surface area contributed by atoms with Crippen LogP contribution >= 0.6 is 0 Å². The number of rotatable bonds is 8. The summed E-state index contributed by atoms with van der Waals surface area (Å²) in [4.78, 5) is 11.7. The van der Waals surface area contributed by atoms with Crippen molar-refractivity contribution < 1.29 is 19.0 Å². The molecule has 116 valence electrons. The first-order valence-electron chi connectivity index (χ1n) is 7.43. The normalized spacial score (nSPS) is 17.5. The van der Waals surface area contributed by atoms with Crippen LogP contribution in [0, 0.1) is 0 Å². The first-order chi connectivity index (χ1) is 10.3. The topological polar surface area (TPSA) is 56.8 Å². The van der Waals surface area contributed by atoms with Crippen LogP contribution < -0.4 is 14.8 Å². The van der Waals surface area contributed by atoms with Gasteiger partial charge >= 0.3 is 0 Å². The molecule has 1 fully saturated rings. The Kier molecular flexibility index (Phi) is 6.34. The molecule has 1 aliphatic heterocycles. The van der Waals surface area contributed by atoms with E-state index in [9.17, 15) is 4.79 Å². The average Bonchev–Trinajstić information content (AvgIpc) is 3.03. The Labute approximate surface area is 125 Å². The van der Waals surface area contributed by atoms with Gasteiger partial charge in [0.15, 0.2) is 11.5 Å². The first kappa shape index (κ1) is 15.6. The number of amides is 1. The number of ether oxygens (including phenoxy) is 3. The number of carbonyl (C=O) groups is 1. The molecule has 0 saturated carbocycles. The smallest absolute Gasteiger partial charge is 0.220 e. The monoisotopic (exact) mass is 293 g/mol. The van der Waals surface area contributed by atoms with Crippen LogP contribution in [-0.4, -0.2) is 38.9 Å². The van der Waals surface area contributed by atoms with E-state index in [0.29, 0.717) is 37.5 Å². The van der Waals surface area contributed by atoms with Gasteiger partial charge in [0.1, 0.15) is 0 Å². The molecule has 0 aliphatic carbocycles. The zero-order chi connectivity index (χ0) is 14.9. The van der Waals surface area contributed by atoms with Crippen molar-refractivity contribution in [3.63, 3.8) is 0 Å². The lowest BCUT2D eigenvalue weighted by molar-refractivity contribution is -0.121. The van der Waals surface area contributed by atoms with Gasteiger partial charge < -0.3 is 19.5 Å². The Morgan fingerprint density at radius 1 is 1.38 bits per heavy atom. The number of methoxy groups -OCH3 is 1. The van der Waals surface area contributed by atoms with Gasteiger partial charge in [0.2, 0.25) is 5.91 Å². The predicted molar refractivity (Wildman–Crippen MR) is 79.7 cm³/mol. The number of para-hydroxylation sites is 2. The van der Waals surface area contributed by atoms with Crippen LogP contribution in [0.4, 0.5) is 0 Å². The summed E-state index contributed by atoms with van der Waals surface area (Å²) in [7, 11) is 1.61. The zero-order valence-electron chi connectivity index (χ0n) is 12.5. The fraction of sp³-hybridized carbons (Fsp3) is 0.562. The molecule has 0 spiro atoms. The molecule has 0 bridgehead atoms. The standard InChI is InChI=1S/C16H23NO4/c1-19-14-7-2-3-8-15(14)21-11-5-9-16(18)17-12-13-6-4-10-20-13/h2-3,7-8,13H,4-6,9-12H2,1H3,(H,17,18)/t13-/m1/s1. The van der Waals surface area contributed by atoms with E-state index in [1.165, 1.54) is 0 Å². The van der Waals surface area contributed by atoms with E-state index in [2.05, 4.69) is 5.32 Å². The maximum absolute atomic E-state index is 11.7. The fourth-order valence-corrected chi connectivity index (χ4v) is 2.27. The quantitative estimate of drug-likeness (QED) is 0.746. The molecule has 1 atom stereocenters. The number of carbonyl (C=O) groups excluding carboxylic acids is 1. The van der Waals surface area contributed by atoms with Crippen LogP contribution in [0.3, 0.4) is 0 Å². The van der Waals surface area contributed by atoms with E-state index in [1.54, 1.807) is 7.11 Å². The summed E-state index contributed by atoms with van der Waals surface area (Å²) in [6.07, 6.45) is 3.46. The lowest BCUT2D eigenvalue weighted by atomic mass is 10.2. The summed E-state index contributed by atoms with van der Waals surface area (Å²) >= 11 is 0. The molecule has 0 aromatic heterocycles. The van der Waals surface area contributed by atoms with E-state index in [0.717, 1.165) is 19.4 Å². The summed E-state index contributed by atoms with van der Waals surface area (Å²) in [5.74, 6) is 1.47. The molecule has 1 aromatic rings. The van der Waals surface area contributed by atoms with E-state index in [-0.39, 0.29) is 12.0 Å². The van der Waals surface area contributed by atoms with Crippen LogP contribution in [0.2, 0.25) is 0 Å². The Morgan fingerprint density at radius 2 is 2.19 bits per heavy atom. The Hall–Kier alpha value is -1.75. The van der Waals surface area contributed by atoms with Crippen LogP contribution in [0.25, 0.3) is 0 Å². The first-order valence-corrected chi connectivity index (χ1v) is 7.43. The van der Waals surface area contributed by atoms with Crippen molar-refractivity contribution in [2.75, 3.05) is 26.9 Å². The third-order valence-corrected chi connectivity index (χ3v) is 3.43. The Balaban J connectivity index is 1.59. The zero-order valence-corrected chi connectivity index (χ0v) is 12.5. The van der Waals surface area contributed by atoms with Gasteiger partial charge in [-0.3, -0.25) is 4.79 Å². The highest BCUT2D eigenvalue weighted by Crippen LogP contribution is 2.25. The van der Waals surface area contributed by atoms with Gasteiger partial charge in [-0.2, -0.15) is 0 Å². The van der Waals surface area contributed by atoms with E-state index in [4.69, 9.17) is 14.2 Å². The maximum Gasteiger partial charge on any atom is 0.220 e. The van der Waals surface area contributed by atoms with Crippen molar-refractivity contribution in [2.45, 2.75) is 31.8 Å². The summed E-state index contributed by atoms with van der Waals surface area (Å²) < 4.78 is 16.3. The van der Waals surface area contributed by atoms with Gasteiger partial charge in [-0.15, -0.1) is 0 Å². The lowest BCUT2D eigenvalue weighted by Gasteiger charge is -2.12. The third-order valence-electron chi connectivity index (χ3n) is 3.43. The molecule has 1 N–H and O–H groups in total. The second-order valence-corrected chi connectivity index (χ2v) is 5.04. The Morgan fingerprint density at radius 3 is 2.90 bits per heavy atom. The molecular weight excluding hydrogens is 270 g/mol. The molecule has 1 heterocycles. The summed E-state index contributed by atoms with van der Waals surface area (Å²) in [6, 6.07) is 7.50. The lowest BCUT2D eigenvalue weighted by Crippen LogP contribution is -2.31. The number of nitrogens with one attached hydrogen (secondary N) is 1. The molecular formula is C16H23NO4. The van der Waals surface area contributed by atoms with E-state index < -0.39 is 0 Å². The number of hydrogen-bond donors (Lipinski definition) is 1. The Bertz CT molecular complexity index is 444.